The van der Waals surface area contributed by atoms with Gasteiger partial charge in [-0.25, -0.2) is 0 Å². The molecular weight excluding hydrogens is 891 g/mol. The van der Waals surface area contributed by atoms with E-state index in [0.29, 0.717) is 0 Å². The van der Waals surface area contributed by atoms with E-state index in [-0.39, 0.29) is 0 Å². The quantitative estimate of drug-likeness (QED) is 0.142. The number of hydrogen-bond donors (Lipinski definition) is 0. The first kappa shape index (κ1) is 40.9. The van der Waals surface area contributed by atoms with E-state index in [9.17, 15) is 0 Å². The molecule has 7 nitrogen and oxygen atoms in total. The van der Waals surface area contributed by atoms with Crippen LogP contribution in [0.5, 0.6) is 0 Å². The van der Waals surface area contributed by atoms with Crippen molar-refractivity contribution in [1.29, 1.82) is 0 Å². The zero-order valence-electron chi connectivity index (χ0n) is 39.6. The minimum absolute atomic E-state index is 0.999. The molecule has 9 aromatic carbocycles. The molecular formula is C66H45N7. The number of fused-ring (bicyclic) bond motifs is 6. The highest BCUT2D eigenvalue weighted by Gasteiger charge is 2.22. The van der Waals surface area contributed by atoms with E-state index in [1.807, 2.05) is 0 Å². The highest BCUT2D eigenvalue weighted by molar-refractivity contribution is 5.91. The second kappa shape index (κ2) is 16.3. The summed E-state index contributed by atoms with van der Waals surface area (Å²) >= 11 is 0. The van der Waals surface area contributed by atoms with Gasteiger partial charge in [0.1, 0.15) is 0 Å². The molecule has 0 N–H and O–H groups in total. The van der Waals surface area contributed by atoms with Crippen molar-refractivity contribution in [3.63, 3.8) is 0 Å². The van der Waals surface area contributed by atoms with Gasteiger partial charge in [0.2, 0.25) is 0 Å². The van der Waals surface area contributed by atoms with E-state index in [1.54, 1.807) is 0 Å². The maximum absolute atomic E-state index is 2.47. The van der Waals surface area contributed by atoms with Crippen LogP contribution in [0.2, 0.25) is 0 Å². The Morgan fingerprint density at radius 1 is 0.192 bits per heavy atom. The molecule has 0 saturated carbocycles. The number of benzene rings is 9. The van der Waals surface area contributed by atoms with Crippen LogP contribution in [0.25, 0.3) is 99.5 Å². The van der Waals surface area contributed by atoms with Crippen LogP contribution in [-0.4, -0.2) is 27.4 Å². The van der Waals surface area contributed by atoms with E-state index in [2.05, 4.69) is 306 Å². The van der Waals surface area contributed by atoms with E-state index in [4.69, 9.17) is 0 Å². The van der Waals surface area contributed by atoms with Crippen molar-refractivity contribution in [3.05, 3.63) is 274 Å². The lowest BCUT2D eigenvalue weighted by Crippen LogP contribution is -2.14. The summed E-state index contributed by atoms with van der Waals surface area (Å²) in [6.45, 7) is 0. The summed E-state index contributed by atoms with van der Waals surface area (Å²) in [7, 11) is 0. The minimum atomic E-state index is 0.999. The normalized spacial score (nSPS) is 11.8. The Labute approximate surface area is 420 Å². The molecule has 0 bridgehead atoms. The highest BCUT2D eigenvalue weighted by atomic mass is 15.2. The van der Waals surface area contributed by atoms with E-state index < -0.39 is 0 Å². The smallest absolute Gasteiger partial charge is 0.0528 e. The summed E-state index contributed by atoms with van der Waals surface area (Å²) in [6, 6.07) is 86.2. The summed E-state index contributed by atoms with van der Waals surface area (Å²) in [6.07, 6.45) is 13.2. The van der Waals surface area contributed by atoms with E-state index in [1.165, 1.54) is 32.3 Å². The summed E-state index contributed by atoms with van der Waals surface area (Å²) in [5.74, 6) is 0. The lowest BCUT2D eigenvalue weighted by atomic mass is 10.1. The van der Waals surface area contributed by atoms with Gasteiger partial charge < -0.3 is 32.3 Å². The third-order valence-corrected chi connectivity index (χ3v) is 14.7. The van der Waals surface area contributed by atoms with Crippen molar-refractivity contribution in [2.45, 2.75) is 0 Å². The van der Waals surface area contributed by atoms with Gasteiger partial charge in [0.25, 0.3) is 0 Å². The molecule has 344 valence electrons. The first-order valence-corrected chi connectivity index (χ1v) is 24.8. The van der Waals surface area contributed by atoms with Crippen LogP contribution in [0.15, 0.2) is 274 Å². The van der Waals surface area contributed by atoms with E-state index >= 15 is 0 Å². The average molecular weight is 936 g/mol. The highest BCUT2D eigenvalue weighted by Crippen LogP contribution is 2.43. The molecule has 0 amide bonds. The number of nitrogens with zero attached hydrogens (tertiary/aromatic N) is 7. The number of rotatable bonds is 9. The fourth-order valence-electron chi connectivity index (χ4n) is 11.3. The van der Waals surface area contributed by atoms with Crippen LogP contribution >= 0.6 is 0 Å². The topological polar surface area (TPSA) is 32.8 Å². The molecule has 15 rings (SSSR count). The van der Waals surface area contributed by atoms with Gasteiger partial charge >= 0.3 is 0 Å². The van der Waals surface area contributed by atoms with Gasteiger partial charge in [-0.1, -0.05) is 109 Å². The van der Waals surface area contributed by atoms with Crippen molar-refractivity contribution < 1.29 is 0 Å². The molecule has 0 fully saturated rings. The van der Waals surface area contributed by atoms with Gasteiger partial charge in [-0.15, -0.1) is 0 Å². The van der Waals surface area contributed by atoms with Gasteiger partial charge in [0, 0.05) is 71.3 Å². The molecule has 0 unspecified atom stereocenters. The van der Waals surface area contributed by atoms with Crippen LogP contribution in [0.4, 0.5) is 17.1 Å². The molecule has 7 heteroatoms. The summed E-state index contributed by atoms with van der Waals surface area (Å²) < 4.78 is 14.0. The standard InChI is InChI=1S/C66H45N7/c1-7-19-61-46(13-1)25-31-67(61)52-37-53(68-32-26-47-14-2-8-20-62(47)68)41-58(40-52)73(59-42-54(69-33-27-48-15-3-9-21-63(48)69)38-55(43-59)70-34-28-49-16-4-10-22-64(49)70)60-44-56(71-35-29-50-17-5-11-23-65(50)71)39-57(45-60)72-36-30-51-18-6-12-24-66(51)72/h1-45H. The van der Waals surface area contributed by atoms with Gasteiger partial charge in [0.05, 0.1) is 50.2 Å². The molecule has 6 heterocycles. The molecule has 0 aliphatic carbocycles. The number of aromatic nitrogens is 6. The zero-order valence-corrected chi connectivity index (χ0v) is 39.6. The largest absolute Gasteiger partial charge is 0.316 e. The Balaban J connectivity index is 1.07. The van der Waals surface area contributed by atoms with Crippen molar-refractivity contribution in [3.8, 4) is 34.1 Å². The predicted octanol–water partition coefficient (Wildman–Crippen LogP) is 16.8. The van der Waals surface area contributed by atoms with Crippen LogP contribution in [0, 0.1) is 0 Å². The molecule has 0 aliphatic heterocycles. The van der Waals surface area contributed by atoms with Crippen molar-refractivity contribution in [2.24, 2.45) is 0 Å². The lowest BCUT2D eigenvalue weighted by molar-refractivity contribution is 1.06. The lowest BCUT2D eigenvalue weighted by Gasteiger charge is -2.29. The summed E-state index contributed by atoms with van der Waals surface area (Å²) in [4.78, 5) is 2.47. The third-order valence-electron chi connectivity index (χ3n) is 14.7. The monoisotopic (exact) mass is 935 g/mol. The number of hydrogen-bond acceptors (Lipinski definition) is 1. The van der Waals surface area contributed by atoms with Gasteiger partial charge in [-0.3, -0.25) is 0 Å². The Morgan fingerprint density at radius 3 is 0.562 bits per heavy atom. The second-order valence-electron chi connectivity index (χ2n) is 18.9. The maximum atomic E-state index is 2.47. The Morgan fingerprint density at radius 2 is 0.370 bits per heavy atom. The van der Waals surface area contributed by atoms with E-state index in [0.717, 1.165) is 84.3 Å². The van der Waals surface area contributed by atoms with Gasteiger partial charge in [-0.05, 0) is 160 Å². The first-order valence-electron chi connectivity index (χ1n) is 24.8. The Hall–Kier alpha value is -9.98. The SMILES string of the molecule is c1ccc2c(c1)ccn2-c1cc(N(c2cc(-n3ccc4ccccc43)cc(-n3ccc4ccccc43)c2)c2cc(-n3ccc4ccccc43)cc(-n3ccc4ccccc43)c2)cc(-n2ccc3ccccc32)c1. The zero-order chi connectivity index (χ0) is 48.0. The summed E-state index contributed by atoms with van der Waals surface area (Å²) in [5.41, 5.74) is 16.1. The van der Waals surface area contributed by atoms with Crippen LogP contribution in [0.1, 0.15) is 0 Å². The molecule has 0 radical (unpaired) electrons. The minimum Gasteiger partial charge on any atom is -0.316 e. The molecule has 6 aromatic heterocycles. The maximum Gasteiger partial charge on any atom is 0.0528 e. The van der Waals surface area contributed by atoms with Crippen LogP contribution < -0.4 is 4.90 Å². The first-order chi connectivity index (χ1) is 36.1. The Bertz CT molecular complexity index is 3860. The number of anilines is 3. The molecule has 0 saturated heterocycles. The fourth-order valence-corrected chi connectivity index (χ4v) is 11.3. The molecule has 73 heavy (non-hydrogen) atoms. The van der Waals surface area contributed by atoms with Gasteiger partial charge in [-0.2, -0.15) is 0 Å². The molecule has 0 spiro atoms. The Kier molecular flexibility index (Phi) is 9.13. The van der Waals surface area contributed by atoms with Crippen molar-refractivity contribution in [2.75, 3.05) is 4.90 Å². The van der Waals surface area contributed by atoms with Crippen molar-refractivity contribution >= 4 is 82.5 Å². The van der Waals surface area contributed by atoms with Gasteiger partial charge in [0.15, 0.2) is 0 Å². The van der Waals surface area contributed by atoms with Crippen molar-refractivity contribution in [1.82, 2.24) is 27.4 Å². The molecule has 15 aromatic rings. The molecule has 0 atom stereocenters. The average Bonchev–Trinajstić information content (AvgIpc) is 4.32. The molecule has 0 aliphatic rings. The van der Waals surface area contributed by atoms with Crippen LogP contribution in [-0.2, 0) is 0 Å². The van der Waals surface area contributed by atoms with Crippen LogP contribution in [0.3, 0.4) is 0 Å². The third kappa shape index (κ3) is 6.74. The second-order valence-corrected chi connectivity index (χ2v) is 18.9. The fraction of sp³-hybridized carbons (Fsp3) is 0. The predicted molar refractivity (Wildman–Crippen MR) is 302 cm³/mol. The summed E-state index contributed by atoms with van der Waals surface area (Å²) in [5, 5.41) is 7.10. The number of para-hydroxylation sites is 6.